The molecule has 3 N–H and O–H groups in total. The standard InChI is InChI=1S/C9H16N2O6S/c1-2-17-7(12)5-18(15,16)11-4-3-9(10,6-11)8(13)14/h2-6,10H2,1H3,(H,13,14). The maximum absolute atomic E-state index is 11.8. The minimum absolute atomic E-state index is 0.00939. The van der Waals surface area contributed by atoms with E-state index in [1.165, 1.54) is 0 Å². The highest BCUT2D eigenvalue weighted by Crippen LogP contribution is 2.22. The van der Waals surface area contributed by atoms with Gasteiger partial charge in [-0.25, -0.2) is 8.42 Å². The molecule has 0 bridgehead atoms. The molecule has 1 heterocycles. The van der Waals surface area contributed by atoms with Crippen LogP contribution in [0, 0.1) is 0 Å². The summed E-state index contributed by atoms with van der Waals surface area (Å²) in [5.41, 5.74) is 3.97. The molecule has 104 valence electrons. The number of esters is 1. The first-order valence-electron chi connectivity index (χ1n) is 5.37. The summed E-state index contributed by atoms with van der Waals surface area (Å²) in [6.07, 6.45) is 0.0182. The molecule has 0 amide bonds. The van der Waals surface area contributed by atoms with E-state index >= 15 is 0 Å². The molecule has 9 heteroatoms. The fraction of sp³-hybridized carbons (Fsp3) is 0.778. The zero-order chi connectivity index (χ0) is 14.0. The molecule has 1 saturated heterocycles. The number of carbonyl (C=O) groups is 2. The first-order chi connectivity index (χ1) is 8.21. The molecule has 0 spiro atoms. The molecular weight excluding hydrogens is 264 g/mol. The van der Waals surface area contributed by atoms with Gasteiger partial charge in [0, 0.05) is 13.1 Å². The van der Waals surface area contributed by atoms with Crippen molar-refractivity contribution in [3.63, 3.8) is 0 Å². The molecule has 1 aliphatic heterocycles. The quantitative estimate of drug-likeness (QED) is 0.578. The van der Waals surface area contributed by atoms with E-state index < -0.39 is 33.3 Å². The Labute approximate surface area is 105 Å². The van der Waals surface area contributed by atoms with Gasteiger partial charge in [0.25, 0.3) is 0 Å². The first-order valence-corrected chi connectivity index (χ1v) is 6.98. The lowest BCUT2D eigenvalue weighted by Gasteiger charge is -2.19. The number of aliphatic carboxylic acids is 1. The highest BCUT2D eigenvalue weighted by Gasteiger charge is 2.45. The highest BCUT2D eigenvalue weighted by atomic mass is 32.2. The van der Waals surface area contributed by atoms with Gasteiger partial charge in [-0.3, -0.25) is 9.59 Å². The van der Waals surface area contributed by atoms with Crippen molar-refractivity contribution in [1.29, 1.82) is 0 Å². The van der Waals surface area contributed by atoms with Crippen LogP contribution in [-0.4, -0.2) is 60.8 Å². The third-order valence-corrected chi connectivity index (χ3v) is 4.39. The van der Waals surface area contributed by atoms with Crippen molar-refractivity contribution in [3.05, 3.63) is 0 Å². The van der Waals surface area contributed by atoms with Gasteiger partial charge in [0.2, 0.25) is 10.0 Å². The number of hydrogen-bond acceptors (Lipinski definition) is 6. The van der Waals surface area contributed by atoms with Crippen LogP contribution < -0.4 is 5.73 Å². The monoisotopic (exact) mass is 280 g/mol. The van der Waals surface area contributed by atoms with Crippen LogP contribution in [0.5, 0.6) is 0 Å². The lowest BCUT2D eigenvalue weighted by Crippen LogP contribution is -2.51. The number of nitrogens with two attached hydrogens (primary N) is 1. The summed E-state index contributed by atoms with van der Waals surface area (Å²) in [5, 5.41) is 8.88. The van der Waals surface area contributed by atoms with E-state index in [1.54, 1.807) is 6.92 Å². The van der Waals surface area contributed by atoms with Crippen LogP contribution in [-0.2, 0) is 24.3 Å². The smallest absolute Gasteiger partial charge is 0.325 e. The summed E-state index contributed by atoms with van der Waals surface area (Å²) in [6, 6.07) is 0. The zero-order valence-corrected chi connectivity index (χ0v) is 10.8. The predicted octanol–water partition coefficient (Wildman–Crippen LogP) is -1.63. The average Bonchev–Trinajstić information content (AvgIpc) is 2.62. The van der Waals surface area contributed by atoms with Gasteiger partial charge in [0.1, 0.15) is 5.54 Å². The SMILES string of the molecule is CCOC(=O)CS(=O)(=O)N1CCC(N)(C(=O)O)C1. The number of carbonyl (C=O) groups excluding carboxylic acids is 1. The second-order valence-corrected chi connectivity index (χ2v) is 6.07. The van der Waals surface area contributed by atoms with E-state index in [1.807, 2.05) is 0 Å². The maximum Gasteiger partial charge on any atom is 0.325 e. The van der Waals surface area contributed by atoms with Crippen LogP contribution in [0.2, 0.25) is 0 Å². The molecule has 1 atom stereocenters. The van der Waals surface area contributed by atoms with E-state index in [2.05, 4.69) is 4.74 Å². The van der Waals surface area contributed by atoms with E-state index in [4.69, 9.17) is 10.8 Å². The molecular formula is C9H16N2O6S. The summed E-state index contributed by atoms with van der Waals surface area (Å²) >= 11 is 0. The minimum atomic E-state index is -3.87. The molecule has 1 unspecified atom stereocenters. The van der Waals surface area contributed by atoms with E-state index in [9.17, 15) is 18.0 Å². The van der Waals surface area contributed by atoms with Crippen molar-refractivity contribution in [1.82, 2.24) is 4.31 Å². The molecule has 0 aromatic heterocycles. The topological polar surface area (TPSA) is 127 Å². The zero-order valence-electron chi connectivity index (χ0n) is 9.96. The second-order valence-electron chi connectivity index (χ2n) is 4.11. The Morgan fingerprint density at radius 3 is 2.56 bits per heavy atom. The Bertz CT molecular complexity index is 448. The van der Waals surface area contributed by atoms with Crippen LogP contribution >= 0.6 is 0 Å². The summed E-state index contributed by atoms with van der Waals surface area (Å²) in [4.78, 5) is 22.0. The number of rotatable bonds is 5. The Morgan fingerprint density at radius 2 is 2.11 bits per heavy atom. The third-order valence-electron chi connectivity index (χ3n) is 2.69. The molecule has 1 fully saturated rings. The first kappa shape index (κ1) is 14.9. The summed E-state index contributed by atoms with van der Waals surface area (Å²) < 4.78 is 29.1. The summed E-state index contributed by atoms with van der Waals surface area (Å²) in [5.74, 6) is -2.91. The van der Waals surface area contributed by atoms with E-state index in [0.29, 0.717) is 0 Å². The third kappa shape index (κ3) is 3.18. The van der Waals surface area contributed by atoms with Gasteiger partial charge < -0.3 is 15.6 Å². The van der Waals surface area contributed by atoms with Gasteiger partial charge in [-0.1, -0.05) is 0 Å². The molecule has 0 aliphatic carbocycles. The molecule has 18 heavy (non-hydrogen) atoms. The molecule has 1 rings (SSSR count). The van der Waals surface area contributed by atoms with Gasteiger partial charge in [-0.05, 0) is 13.3 Å². The highest BCUT2D eigenvalue weighted by molar-refractivity contribution is 7.89. The lowest BCUT2D eigenvalue weighted by molar-refractivity contribution is -0.142. The fourth-order valence-corrected chi connectivity index (χ4v) is 3.01. The molecule has 8 nitrogen and oxygen atoms in total. The van der Waals surface area contributed by atoms with Crippen LogP contribution in [0.25, 0.3) is 0 Å². The van der Waals surface area contributed by atoms with Crippen molar-refractivity contribution in [3.8, 4) is 0 Å². The predicted molar refractivity (Wildman–Crippen MR) is 61.2 cm³/mol. The van der Waals surface area contributed by atoms with Crippen LogP contribution in [0.1, 0.15) is 13.3 Å². The number of sulfonamides is 1. The largest absolute Gasteiger partial charge is 0.480 e. The van der Waals surface area contributed by atoms with Gasteiger partial charge in [-0.2, -0.15) is 4.31 Å². The molecule has 0 radical (unpaired) electrons. The normalized spacial score (nSPS) is 25.0. The number of carboxylic acids is 1. The molecule has 1 aliphatic rings. The number of carboxylic acid groups (broad SMARTS) is 1. The second kappa shape index (κ2) is 5.21. The fourth-order valence-electron chi connectivity index (χ4n) is 1.65. The Balaban J connectivity index is 2.72. The Morgan fingerprint density at radius 1 is 1.50 bits per heavy atom. The summed E-state index contributed by atoms with van der Waals surface area (Å²) in [6.45, 7) is 1.31. The maximum atomic E-state index is 11.8. The van der Waals surface area contributed by atoms with Crippen LogP contribution in [0.3, 0.4) is 0 Å². The van der Waals surface area contributed by atoms with Crippen molar-refractivity contribution < 1.29 is 27.9 Å². The van der Waals surface area contributed by atoms with Gasteiger partial charge >= 0.3 is 11.9 Å². The lowest BCUT2D eigenvalue weighted by atomic mass is 10.0. The minimum Gasteiger partial charge on any atom is -0.480 e. The van der Waals surface area contributed by atoms with Gasteiger partial charge in [0.15, 0.2) is 5.75 Å². The summed E-state index contributed by atoms with van der Waals surface area (Å²) in [7, 11) is -3.87. The van der Waals surface area contributed by atoms with Crippen molar-refractivity contribution in [2.24, 2.45) is 5.73 Å². The number of hydrogen-bond donors (Lipinski definition) is 2. The molecule has 0 aromatic rings. The van der Waals surface area contributed by atoms with Crippen molar-refractivity contribution in [2.75, 3.05) is 25.4 Å². The van der Waals surface area contributed by atoms with Gasteiger partial charge in [-0.15, -0.1) is 0 Å². The number of ether oxygens (including phenoxy) is 1. The Hall–Kier alpha value is -1.19. The number of nitrogens with zero attached hydrogens (tertiary/aromatic N) is 1. The Kier molecular flexibility index (Phi) is 4.30. The van der Waals surface area contributed by atoms with Crippen LogP contribution in [0.15, 0.2) is 0 Å². The molecule has 0 aromatic carbocycles. The van der Waals surface area contributed by atoms with E-state index in [-0.39, 0.29) is 26.1 Å². The van der Waals surface area contributed by atoms with Crippen molar-refractivity contribution in [2.45, 2.75) is 18.9 Å². The van der Waals surface area contributed by atoms with E-state index in [0.717, 1.165) is 4.31 Å². The van der Waals surface area contributed by atoms with Crippen LogP contribution in [0.4, 0.5) is 0 Å². The molecule has 0 saturated carbocycles. The van der Waals surface area contributed by atoms with Gasteiger partial charge in [0.05, 0.1) is 6.61 Å². The average molecular weight is 280 g/mol. The van der Waals surface area contributed by atoms with Crippen molar-refractivity contribution >= 4 is 22.0 Å².